The van der Waals surface area contributed by atoms with Crippen LogP contribution in [0.1, 0.15) is 5.56 Å². The summed E-state index contributed by atoms with van der Waals surface area (Å²) in [6.45, 7) is 0.130. The molecule has 0 aliphatic heterocycles. The molecule has 0 saturated carbocycles. The van der Waals surface area contributed by atoms with Crippen molar-refractivity contribution in [2.75, 3.05) is 26.0 Å². The van der Waals surface area contributed by atoms with Gasteiger partial charge in [-0.2, -0.15) is 4.31 Å². The normalized spacial score (nSPS) is 11.4. The van der Waals surface area contributed by atoms with Crippen molar-refractivity contribution in [2.45, 2.75) is 6.54 Å². The Labute approximate surface area is 169 Å². The van der Waals surface area contributed by atoms with Gasteiger partial charge in [-0.25, -0.2) is 8.42 Å². The first-order valence-corrected chi connectivity index (χ1v) is 10.7. The molecule has 0 bridgehead atoms. The lowest BCUT2D eigenvalue weighted by Gasteiger charge is -2.20. The predicted molar refractivity (Wildman–Crippen MR) is 107 cm³/mol. The lowest BCUT2D eigenvalue weighted by atomic mass is 10.2. The molecule has 9 heteroatoms. The summed E-state index contributed by atoms with van der Waals surface area (Å²) in [5, 5.41) is 3.55. The number of rotatable bonds is 9. The minimum Gasteiger partial charge on any atom is -0.490 e. The van der Waals surface area contributed by atoms with Crippen molar-refractivity contribution in [3.63, 3.8) is 0 Å². The second-order valence-corrected chi connectivity index (χ2v) is 8.55. The zero-order valence-corrected chi connectivity index (χ0v) is 17.0. The molecule has 2 aromatic carbocycles. The molecule has 0 saturated heterocycles. The van der Waals surface area contributed by atoms with Crippen LogP contribution in [-0.4, -0.2) is 44.6 Å². The number of ether oxygens (including phenoxy) is 1. The Morgan fingerprint density at radius 1 is 1.07 bits per heavy atom. The van der Waals surface area contributed by atoms with Gasteiger partial charge in [-0.05, 0) is 23.8 Å². The Bertz CT molecular complexity index is 890. The van der Waals surface area contributed by atoms with E-state index in [0.29, 0.717) is 21.4 Å². The molecule has 1 amide bonds. The topological polar surface area (TPSA) is 75.7 Å². The third-order valence-electron chi connectivity index (χ3n) is 3.61. The number of carbonyl (C=O) groups is 1. The molecule has 27 heavy (non-hydrogen) atoms. The van der Waals surface area contributed by atoms with Crippen LogP contribution in [0.2, 0.25) is 10.0 Å². The summed E-state index contributed by atoms with van der Waals surface area (Å²) in [7, 11) is -3.59. The largest absolute Gasteiger partial charge is 0.490 e. The van der Waals surface area contributed by atoms with Gasteiger partial charge in [0.05, 0.1) is 24.4 Å². The fourth-order valence-electron chi connectivity index (χ4n) is 2.24. The first-order valence-electron chi connectivity index (χ1n) is 8.10. The van der Waals surface area contributed by atoms with E-state index in [9.17, 15) is 13.2 Å². The molecule has 0 aliphatic rings. The van der Waals surface area contributed by atoms with Crippen LogP contribution >= 0.6 is 23.2 Å². The van der Waals surface area contributed by atoms with Gasteiger partial charge in [0.15, 0.2) is 0 Å². The van der Waals surface area contributed by atoms with E-state index in [-0.39, 0.29) is 26.2 Å². The zero-order valence-electron chi connectivity index (χ0n) is 14.7. The number of nitrogens with zero attached hydrogens (tertiary/aromatic N) is 1. The summed E-state index contributed by atoms with van der Waals surface area (Å²) < 4.78 is 30.5. The van der Waals surface area contributed by atoms with Crippen molar-refractivity contribution < 1.29 is 17.9 Å². The van der Waals surface area contributed by atoms with E-state index >= 15 is 0 Å². The highest BCUT2D eigenvalue weighted by molar-refractivity contribution is 7.88. The number of hydrogen-bond donors (Lipinski definition) is 1. The number of para-hydroxylation sites is 1. The molecule has 2 aromatic rings. The van der Waals surface area contributed by atoms with Crippen molar-refractivity contribution in [2.24, 2.45) is 0 Å². The summed E-state index contributed by atoms with van der Waals surface area (Å²) in [6.07, 6.45) is 1.05. The number of sulfonamides is 1. The van der Waals surface area contributed by atoms with Crippen molar-refractivity contribution in [1.29, 1.82) is 0 Å². The second-order valence-electron chi connectivity index (χ2n) is 5.75. The van der Waals surface area contributed by atoms with Crippen LogP contribution in [0.5, 0.6) is 5.75 Å². The van der Waals surface area contributed by atoms with Crippen molar-refractivity contribution in [3.05, 3.63) is 64.1 Å². The van der Waals surface area contributed by atoms with Gasteiger partial charge in [-0.3, -0.25) is 4.79 Å². The summed E-state index contributed by atoms with van der Waals surface area (Å²) in [4.78, 5) is 12.1. The standard InChI is InChI=1S/C18H20Cl2N2O4S/c1-27(24,25)22(12-14-6-2-3-7-15(14)19)13-18(23)21-10-11-26-17-9-5-4-8-16(17)20/h2-9H,10-13H2,1H3,(H,21,23). The molecular formula is C18H20Cl2N2O4S. The monoisotopic (exact) mass is 430 g/mol. The summed E-state index contributed by atoms with van der Waals surface area (Å²) in [5.74, 6) is 0.0835. The third kappa shape index (κ3) is 7.03. The zero-order chi connectivity index (χ0) is 19.9. The lowest BCUT2D eigenvalue weighted by molar-refractivity contribution is -0.121. The van der Waals surface area contributed by atoms with Crippen molar-refractivity contribution >= 4 is 39.1 Å². The molecule has 0 fully saturated rings. The molecule has 0 heterocycles. The summed E-state index contributed by atoms with van der Waals surface area (Å²) in [5.41, 5.74) is 0.624. The van der Waals surface area contributed by atoms with E-state index in [4.69, 9.17) is 27.9 Å². The molecule has 0 spiro atoms. The number of hydrogen-bond acceptors (Lipinski definition) is 4. The minimum atomic E-state index is -3.59. The van der Waals surface area contributed by atoms with Gasteiger partial charge in [-0.1, -0.05) is 53.5 Å². The Morgan fingerprint density at radius 2 is 1.70 bits per heavy atom. The first-order chi connectivity index (χ1) is 12.8. The third-order valence-corrected chi connectivity index (χ3v) is 5.49. The minimum absolute atomic E-state index is 0.0159. The highest BCUT2D eigenvalue weighted by Crippen LogP contribution is 2.22. The average molecular weight is 431 g/mol. The van der Waals surface area contributed by atoms with Crippen LogP contribution in [-0.2, 0) is 21.4 Å². The van der Waals surface area contributed by atoms with E-state index in [1.807, 2.05) is 0 Å². The van der Waals surface area contributed by atoms with Crippen LogP contribution in [0.3, 0.4) is 0 Å². The quantitative estimate of drug-likeness (QED) is 0.620. The highest BCUT2D eigenvalue weighted by Gasteiger charge is 2.21. The van der Waals surface area contributed by atoms with Crippen LogP contribution < -0.4 is 10.1 Å². The average Bonchev–Trinajstić information content (AvgIpc) is 2.60. The maximum absolute atomic E-state index is 12.1. The van der Waals surface area contributed by atoms with Crippen LogP contribution in [0.4, 0.5) is 0 Å². The number of halogens is 2. The molecular weight excluding hydrogens is 411 g/mol. The first kappa shape index (κ1) is 21.5. The Hall–Kier alpha value is -1.80. The molecule has 0 atom stereocenters. The molecule has 0 radical (unpaired) electrons. The molecule has 2 rings (SSSR count). The van der Waals surface area contributed by atoms with Crippen molar-refractivity contribution in [1.82, 2.24) is 9.62 Å². The Morgan fingerprint density at radius 3 is 2.33 bits per heavy atom. The second kappa shape index (κ2) is 9.94. The van der Waals surface area contributed by atoms with Crippen LogP contribution in [0, 0.1) is 0 Å². The van der Waals surface area contributed by atoms with Gasteiger partial charge >= 0.3 is 0 Å². The smallest absolute Gasteiger partial charge is 0.235 e. The number of nitrogens with one attached hydrogen (secondary N) is 1. The fourth-order valence-corrected chi connectivity index (χ4v) is 3.35. The van der Waals surface area contributed by atoms with Crippen molar-refractivity contribution in [3.8, 4) is 5.75 Å². The van der Waals surface area contributed by atoms with Gasteiger partial charge in [0.2, 0.25) is 15.9 Å². The van der Waals surface area contributed by atoms with E-state index in [0.717, 1.165) is 10.6 Å². The number of amides is 1. The van der Waals surface area contributed by atoms with Gasteiger partial charge in [-0.15, -0.1) is 0 Å². The maximum Gasteiger partial charge on any atom is 0.235 e. The SMILES string of the molecule is CS(=O)(=O)N(CC(=O)NCCOc1ccccc1Cl)Cc1ccccc1Cl. The van der Waals surface area contributed by atoms with Crippen LogP contribution in [0.25, 0.3) is 0 Å². The van der Waals surface area contributed by atoms with Gasteiger partial charge in [0, 0.05) is 11.6 Å². The molecule has 0 aromatic heterocycles. The van der Waals surface area contributed by atoms with Gasteiger partial charge < -0.3 is 10.1 Å². The molecule has 6 nitrogen and oxygen atoms in total. The van der Waals surface area contributed by atoms with Crippen LogP contribution in [0.15, 0.2) is 48.5 Å². The van der Waals surface area contributed by atoms with Gasteiger partial charge in [0.25, 0.3) is 0 Å². The van der Waals surface area contributed by atoms with Gasteiger partial charge in [0.1, 0.15) is 12.4 Å². The predicted octanol–water partition coefficient (Wildman–Crippen LogP) is 2.95. The highest BCUT2D eigenvalue weighted by atomic mass is 35.5. The maximum atomic E-state index is 12.1. The Balaban J connectivity index is 1.87. The number of benzene rings is 2. The molecule has 0 aliphatic carbocycles. The molecule has 146 valence electrons. The lowest BCUT2D eigenvalue weighted by Crippen LogP contribution is -2.41. The molecule has 1 N–H and O–H groups in total. The number of carbonyl (C=O) groups excluding carboxylic acids is 1. The Kier molecular flexibility index (Phi) is 7.91. The fraction of sp³-hybridized carbons (Fsp3) is 0.278. The van der Waals surface area contributed by atoms with E-state index in [1.165, 1.54) is 0 Å². The summed E-state index contributed by atoms with van der Waals surface area (Å²) >= 11 is 12.1. The molecule has 0 unspecified atom stereocenters. The van der Waals surface area contributed by atoms with E-state index in [1.54, 1.807) is 48.5 Å². The van der Waals surface area contributed by atoms with E-state index in [2.05, 4.69) is 5.32 Å². The summed E-state index contributed by atoms with van der Waals surface area (Å²) in [6, 6.07) is 13.9. The van der Waals surface area contributed by atoms with E-state index < -0.39 is 15.9 Å².